The highest BCUT2D eigenvalue weighted by molar-refractivity contribution is 5.95. The molecule has 2 aromatic carbocycles. The molecular weight excluding hydrogens is 469 g/mol. The second kappa shape index (κ2) is 9.95. The summed E-state index contributed by atoms with van der Waals surface area (Å²) in [5.41, 5.74) is 1.31. The molecule has 1 aromatic heterocycles. The lowest BCUT2D eigenvalue weighted by atomic mass is 9.94. The monoisotopic (exact) mass is 498 g/mol. The summed E-state index contributed by atoms with van der Waals surface area (Å²) in [6, 6.07) is 12.5. The Morgan fingerprint density at radius 3 is 2.22 bits per heavy atom. The summed E-state index contributed by atoms with van der Waals surface area (Å²) in [6.45, 7) is 0.744. The van der Waals surface area contributed by atoms with Crippen LogP contribution in [0.15, 0.2) is 48.5 Å². The Bertz CT molecular complexity index is 1240. The van der Waals surface area contributed by atoms with Crippen LogP contribution in [0.1, 0.15) is 66.9 Å². The molecule has 0 bridgehead atoms. The first-order valence-corrected chi connectivity index (χ1v) is 12.6. The van der Waals surface area contributed by atoms with Crippen LogP contribution in [0.3, 0.4) is 0 Å². The van der Waals surface area contributed by atoms with Crippen LogP contribution in [0.2, 0.25) is 0 Å². The standard InChI is InChI=1S/C27H29F3N4O2/c28-27(29,30)20-12-10-19(11-13-20)25(36)33-16-14-18(15-17-33)24(35)32-26-31-22-8-4-5-9-23(22)34(26)21-6-2-1-3-7-21/h4-5,8-13,18,21H,1-3,6-7,14-17H2,(H,31,32,35). The smallest absolute Gasteiger partial charge is 0.339 e. The first kappa shape index (κ1) is 24.3. The number of amides is 2. The van der Waals surface area contributed by atoms with Crippen LogP contribution in [0.5, 0.6) is 0 Å². The van der Waals surface area contributed by atoms with Crippen molar-refractivity contribution in [2.75, 3.05) is 18.4 Å². The Kier molecular flexibility index (Phi) is 6.73. The largest absolute Gasteiger partial charge is 0.416 e. The third-order valence-electron chi connectivity index (χ3n) is 7.38. The molecule has 1 aliphatic carbocycles. The van der Waals surface area contributed by atoms with E-state index in [1.165, 1.54) is 18.6 Å². The molecule has 9 heteroatoms. The molecule has 6 nitrogen and oxygen atoms in total. The van der Waals surface area contributed by atoms with Gasteiger partial charge in [0.25, 0.3) is 5.91 Å². The third-order valence-corrected chi connectivity index (χ3v) is 7.38. The van der Waals surface area contributed by atoms with Gasteiger partial charge in [0.1, 0.15) is 0 Å². The first-order valence-electron chi connectivity index (χ1n) is 12.6. The topological polar surface area (TPSA) is 67.2 Å². The van der Waals surface area contributed by atoms with E-state index in [1.54, 1.807) is 4.90 Å². The number of para-hydroxylation sites is 2. The number of piperidine rings is 1. The second-order valence-electron chi connectivity index (χ2n) is 9.72. The van der Waals surface area contributed by atoms with Gasteiger partial charge in [0.05, 0.1) is 16.6 Å². The van der Waals surface area contributed by atoms with Crippen molar-refractivity contribution >= 4 is 28.8 Å². The Labute approximate surface area is 207 Å². The molecule has 2 heterocycles. The van der Waals surface area contributed by atoms with E-state index in [4.69, 9.17) is 4.98 Å². The van der Waals surface area contributed by atoms with Crippen molar-refractivity contribution in [2.45, 2.75) is 57.2 Å². The lowest BCUT2D eigenvalue weighted by molar-refractivity contribution is -0.137. The van der Waals surface area contributed by atoms with Crippen LogP contribution in [0.25, 0.3) is 11.0 Å². The van der Waals surface area contributed by atoms with E-state index >= 15 is 0 Å². The molecule has 0 unspecified atom stereocenters. The highest BCUT2D eigenvalue weighted by Gasteiger charge is 2.32. The van der Waals surface area contributed by atoms with E-state index in [2.05, 4.69) is 9.88 Å². The van der Waals surface area contributed by atoms with Crippen molar-refractivity contribution in [1.82, 2.24) is 14.5 Å². The van der Waals surface area contributed by atoms with Crippen LogP contribution in [0, 0.1) is 5.92 Å². The Hall–Kier alpha value is -3.36. The van der Waals surface area contributed by atoms with E-state index in [1.807, 2.05) is 24.3 Å². The molecule has 3 aromatic rings. The van der Waals surface area contributed by atoms with Gasteiger partial charge >= 0.3 is 6.18 Å². The van der Waals surface area contributed by atoms with Gasteiger partial charge in [-0.05, 0) is 62.1 Å². The Balaban J connectivity index is 1.24. The molecule has 1 N–H and O–H groups in total. The number of fused-ring (bicyclic) bond motifs is 1. The van der Waals surface area contributed by atoms with Crippen molar-refractivity contribution in [3.63, 3.8) is 0 Å². The maximum absolute atomic E-state index is 13.2. The maximum Gasteiger partial charge on any atom is 0.416 e. The fraction of sp³-hybridized carbons (Fsp3) is 0.444. The minimum Gasteiger partial charge on any atom is -0.339 e. The van der Waals surface area contributed by atoms with E-state index in [9.17, 15) is 22.8 Å². The summed E-state index contributed by atoms with van der Waals surface area (Å²) in [5.74, 6) is -0.108. The van der Waals surface area contributed by atoms with Gasteiger partial charge in [-0.25, -0.2) is 4.98 Å². The van der Waals surface area contributed by atoms with E-state index < -0.39 is 11.7 Å². The number of aromatic nitrogens is 2. The summed E-state index contributed by atoms with van der Waals surface area (Å²) < 4.78 is 40.6. The lowest BCUT2D eigenvalue weighted by Crippen LogP contribution is -2.41. The minimum absolute atomic E-state index is 0.107. The van der Waals surface area contributed by atoms with Crippen LogP contribution in [-0.4, -0.2) is 39.4 Å². The number of nitrogens with zero attached hydrogens (tertiary/aromatic N) is 3. The van der Waals surface area contributed by atoms with Gasteiger partial charge in [-0.3, -0.25) is 14.9 Å². The van der Waals surface area contributed by atoms with E-state index in [0.717, 1.165) is 48.8 Å². The van der Waals surface area contributed by atoms with Crippen molar-refractivity contribution < 1.29 is 22.8 Å². The minimum atomic E-state index is -4.44. The fourth-order valence-electron chi connectivity index (χ4n) is 5.38. The Morgan fingerprint density at radius 2 is 1.56 bits per heavy atom. The summed E-state index contributed by atoms with van der Waals surface area (Å²) in [6.07, 6.45) is 2.22. The van der Waals surface area contributed by atoms with Crippen LogP contribution >= 0.6 is 0 Å². The summed E-state index contributed by atoms with van der Waals surface area (Å²) in [5, 5.41) is 3.07. The van der Waals surface area contributed by atoms with Gasteiger partial charge in [-0.15, -0.1) is 0 Å². The zero-order valence-corrected chi connectivity index (χ0v) is 19.9. The number of likely N-dealkylation sites (tertiary alicyclic amines) is 1. The number of rotatable bonds is 4. The van der Waals surface area contributed by atoms with Gasteiger partial charge in [0, 0.05) is 30.6 Å². The normalized spacial score (nSPS) is 17.9. The molecule has 1 saturated heterocycles. The summed E-state index contributed by atoms with van der Waals surface area (Å²) in [4.78, 5) is 32.3. The SMILES string of the molecule is O=C(Nc1nc2ccccc2n1C1CCCCC1)C1CCN(C(=O)c2ccc(C(F)(F)F)cc2)CC1. The van der Waals surface area contributed by atoms with Gasteiger partial charge in [0.15, 0.2) is 0 Å². The molecule has 5 rings (SSSR count). The molecule has 1 aliphatic heterocycles. The second-order valence-corrected chi connectivity index (χ2v) is 9.72. The van der Waals surface area contributed by atoms with Crippen molar-refractivity contribution in [3.8, 4) is 0 Å². The predicted octanol–water partition coefficient (Wildman–Crippen LogP) is 6.05. The van der Waals surface area contributed by atoms with Crippen molar-refractivity contribution in [1.29, 1.82) is 0 Å². The zero-order chi connectivity index (χ0) is 25.3. The first-order chi connectivity index (χ1) is 17.3. The average Bonchev–Trinajstić information content (AvgIpc) is 3.26. The molecule has 36 heavy (non-hydrogen) atoms. The van der Waals surface area contributed by atoms with Crippen LogP contribution in [0.4, 0.5) is 19.1 Å². The molecule has 1 saturated carbocycles. The molecule has 0 radical (unpaired) electrons. The quantitative estimate of drug-likeness (QED) is 0.476. The molecule has 0 atom stereocenters. The maximum atomic E-state index is 13.2. The number of alkyl halides is 3. The molecule has 190 valence electrons. The summed E-state index contributed by atoms with van der Waals surface area (Å²) >= 11 is 0. The van der Waals surface area contributed by atoms with Gasteiger partial charge in [-0.1, -0.05) is 31.4 Å². The number of benzene rings is 2. The van der Waals surface area contributed by atoms with Crippen molar-refractivity contribution in [3.05, 3.63) is 59.7 Å². The lowest BCUT2D eigenvalue weighted by Gasteiger charge is -2.31. The molecule has 2 amide bonds. The van der Waals surface area contributed by atoms with Gasteiger partial charge in [-0.2, -0.15) is 13.2 Å². The number of halogens is 3. The number of hydrogen-bond acceptors (Lipinski definition) is 3. The number of hydrogen-bond donors (Lipinski definition) is 1. The van der Waals surface area contributed by atoms with Crippen LogP contribution < -0.4 is 5.32 Å². The number of imidazole rings is 1. The zero-order valence-electron chi connectivity index (χ0n) is 19.9. The van der Waals surface area contributed by atoms with E-state index in [0.29, 0.717) is 37.9 Å². The average molecular weight is 499 g/mol. The third kappa shape index (κ3) is 4.96. The fourth-order valence-corrected chi connectivity index (χ4v) is 5.38. The summed E-state index contributed by atoms with van der Waals surface area (Å²) in [7, 11) is 0. The highest BCUT2D eigenvalue weighted by Crippen LogP contribution is 2.35. The van der Waals surface area contributed by atoms with Gasteiger partial charge in [0.2, 0.25) is 11.9 Å². The van der Waals surface area contributed by atoms with Crippen LogP contribution in [-0.2, 0) is 11.0 Å². The van der Waals surface area contributed by atoms with Crippen molar-refractivity contribution in [2.24, 2.45) is 5.92 Å². The molecule has 0 spiro atoms. The molecule has 2 aliphatic rings. The number of carbonyl (C=O) groups is 2. The van der Waals surface area contributed by atoms with E-state index in [-0.39, 0.29) is 23.3 Å². The van der Waals surface area contributed by atoms with Gasteiger partial charge < -0.3 is 9.47 Å². The predicted molar refractivity (Wildman–Crippen MR) is 131 cm³/mol. The highest BCUT2D eigenvalue weighted by atomic mass is 19.4. The molecule has 2 fully saturated rings. The Morgan fingerprint density at radius 1 is 0.889 bits per heavy atom. The molecular formula is C27H29F3N4O2. The number of anilines is 1. The number of nitrogens with one attached hydrogen (secondary N) is 1. The number of carbonyl (C=O) groups excluding carboxylic acids is 2.